The summed E-state index contributed by atoms with van der Waals surface area (Å²) in [6, 6.07) is 17.7. The monoisotopic (exact) mass is 610 g/mol. The lowest BCUT2D eigenvalue weighted by molar-refractivity contribution is -0.00487. The van der Waals surface area contributed by atoms with E-state index in [0.717, 1.165) is 37.7 Å². The molecule has 4 aromatic rings. The number of aliphatic hydroxyl groups excluding tert-OH is 1. The first kappa shape index (κ1) is 32.3. The van der Waals surface area contributed by atoms with Gasteiger partial charge in [-0.3, -0.25) is 4.90 Å². The fraction of sp³-hybridized carbons (Fsp3) is 0.387. The van der Waals surface area contributed by atoms with Crippen molar-refractivity contribution in [3.05, 3.63) is 60.8 Å². The molecule has 0 aliphatic carbocycles. The van der Waals surface area contributed by atoms with Crippen LogP contribution >= 0.6 is 11.3 Å². The van der Waals surface area contributed by atoms with E-state index in [2.05, 4.69) is 23.2 Å². The van der Waals surface area contributed by atoms with Crippen molar-refractivity contribution >= 4 is 39.2 Å². The van der Waals surface area contributed by atoms with E-state index in [1.807, 2.05) is 55.5 Å². The number of amides is 1. The van der Waals surface area contributed by atoms with Crippen LogP contribution in [0.25, 0.3) is 31.9 Å². The molecule has 0 fully saturated rings. The van der Waals surface area contributed by atoms with Crippen LogP contribution in [-0.4, -0.2) is 106 Å². The van der Waals surface area contributed by atoms with Crippen LogP contribution in [0.2, 0.25) is 0 Å². The molecule has 2 heterocycles. The van der Waals surface area contributed by atoms with Gasteiger partial charge >= 0.3 is 6.09 Å². The number of aliphatic hydroxyl groups is 1. The van der Waals surface area contributed by atoms with E-state index < -0.39 is 6.09 Å². The highest BCUT2D eigenvalue weighted by atomic mass is 32.1. The van der Waals surface area contributed by atoms with E-state index in [0.29, 0.717) is 51.9 Å². The largest absolute Gasteiger partial charge is 0.465 e. The van der Waals surface area contributed by atoms with Crippen LogP contribution < -0.4 is 9.80 Å². The smallest absolute Gasteiger partial charge is 0.411 e. The molecular weight excluding hydrogens is 572 g/mol. The first-order valence-corrected chi connectivity index (χ1v) is 14.8. The lowest BCUT2D eigenvalue weighted by Gasteiger charge is -2.19. The van der Waals surface area contributed by atoms with E-state index in [-0.39, 0.29) is 19.8 Å². The lowest BCUT2D eigenvalue weighted by atomic mass is 10.1. The number of fused-ring (bicyclic) bond motifs is 1. The molecule has 43 heavy (non-hydrogen) atoms. The maximum absolute atomic E-state index is 12.0. The minimum Gasteiger partial charge on any atom is -0.465 e. The molecule has 2 aromatic carbocycles. The highest BCUT2D eigenvalue weighted by Crippen LogP contribution is 2.34. The average Bonchev–Trinajstić information content (AvgIpc) is 3.45. The van der Waals surface area contributed by atoms with Crippen molar-refractivity contribution in [3.8, 4) is 21.7 Å². The molecule has 0 spiro atoms. The number of anilines is 2. The third kappa shape index (κ3) is 9.68. The first-order chi connectivity index (χ1) is 21.0. The van der Waals surface area contributed by atoms with Crippen molar-refractivity contribution in [1.82, 2.24) is 9.97 Å². The van der Waals surface area contributed by atoms with Gasteiger partial charge in [-0.25, -0.2) is 14.8 Å². The zero-order chi connectivity index (χ0) is 30.4. The Labute approximate surface area is 255 Å². The Morgan fingerprint density at radius 3 is 1.98 bits per heavy atom. The van der Waals surface area contributed by atoms with Gasteiger partial charge in [-0.05, 0) is 35.9 Å². The highest BCUT2D eigenvalue weighted by Gasteiger charge is 2.16. The minimum atomic E-state index is -1.05. The first-order valence-electron chi connectivity index (χ1n) is 14.0. The summed E-state index contributed by atoms with van der Waals surface area (Å²) in [5.41, 5.74) is 4.49. The molecule has 0 aliphatic heterocycles. The zero-order valence-electron chi connectivity index (χ0n) is 24.5. The van der Waals surface area contributed by atoms with Crippen molar-refractivity contribution in [2.75, 3.05) is 89.9 Å². The predicted molar refractivity (Wildman–Crippen MR) is 168 cm³/mol. The van der Waals surface area contributed by atoms with Crippen LogP contribution in [0.5, 0.6) is 0 Å². The molecule has 0 atom stereocenters. The molecule has 11 nitrogen and oxygen atoms in total. The van der Waals surface area contributed by atoms with Gasteiger partial charge in [0.1, 0.15) is 10.8 Å². The Kier molecular flexibility index (Phi) is 12.6. The molecule has 0 bridgehead atoms. The number of hydrogen-bond donors (Lipinski definition) is 2. The molecule has 0 saturated carbocycles. The molecule has 0 saturated heterocycles. The van der Waals surface area contributed by atoms with Crippen molar-refractivity contribution in [3.63, 3.8) is 0 Å². The predicted octanol–water partition coefficient (Wildman–Crippen LogP) is 4.63. The van der Waals surface area contributed by atoms with Crippen molar-refractivity contribution in [2.24, 2.45) is 0 Å². The highest BCUT2D eigenvalue weighted by molar-refractivity contribution is 7.21. The van der Waals surface area contributed by atoms with Gasteiger partial charge in [-0.15, -0.1) is 11.3 Å². The van der Waals surface area contributed by atoms with Crippen LogP contribution in [0.4, 0.5) is 16.3 Å². The minimum absolute atomic E-state index is 0.00159. The molecule has 230 valence electrons. The Hall–Kier alpha value is -3.65. The van der Waals surface area contributed by atoms with E-state index >= 15 is 0 Å². The summed E-state index contributed by atoms with van der Waals surface area (Å²) < 4.78 is 22.4. The van der Waals surface area contributed by atoms with Crippen LogP contribution in [0.1, 0.15) is 0 Å². The van der Waals surface area contributed by atoms with Crippen molar-refractivity contribution in [2.45, 2.75) is 0 Å². The standard InChI is InChI=1S/C31H38N4O7S/c1-34(2)29-10-7-25(22-32-29)23-3-5-24(6-4-23)30-33-27-9-8-26(21-28(27)43-30)35(31(37)38)11-13-39-15-17-41-19-20-42-18-16-40-14-12-36/h3-10,21-22,36H,11-20H2,1-2H3,(H,37,38). The van der Waals surface area contributed by atoms with E-state index in [9.17, 15) is 9.90 Å². The summed E-state index contributed by atoms with van der Waals surface area (Å²) in [4.78, 5) is 24.5. The Bertz CT molecular complexity index is 1410. The number of carboxylic acid groups (broad SMARTS) is 1. The number of rotatable bonds is 18. The fourth-order valence-corrected chi connectivity index (χ4v) is 5.15. The number of aromatic nitrogens is 2. The maximum Gasteiger partial charge on any atom is 0.411 e. The average molecular weight is 611 g/mol. The number of carbonyl (C=O) groups is 1. The molecule has 2 N–H and O–H groups in total. The maximum atomic E-state index is 12.0. The van der Waals surface area contributed by atoms with Gasteiger partial charge in [-0.1, -0.05) is 24.3 Å². The quantitative estimate of drug-likeness (QED) is 0.154. The topological polar surface area (TPSA) is 127 Å². The van der Waals surface area contributed by atoms with E-state index in [1.54, 1.807) is 6.07 Å². The summed E-state index contributed by atoms with van der Waals surface area (Å²) in [7, 11) is 3.93. The summed E-state index contributed by atoms with van der Waals surface area (Å²) >= 11 is 1.52. The summed E-state index contributed by atoms with van der Waals surface area (Å²) in [5, 5.41) is 19.3. The van der Waals surface area contributed by atoms with E-state index in [4.69, 9.17) is 29.0 Å². The van der Waals surface area contributed by atoms with Crippen LogP contribution in [-0.2, 0) is 18.9 Å². The second-order valence-corrected chi connectivity index (χ2v) is 10.7. The number of benzene rings is 2. The Morgan fingerprint density at radius 1 is 0.791 bits per heavy atom. The second kappa shape index (κ2) is 16.8. The molecule has 12 heteroatoms. The zero-order valence-corrected chi connectivity index (χ0v) is 25.3. The third-order valence-electron chi connectivity index (χ3n) is 6.40. The van der Waals surface area contributed by atoms with Gasteiger partial charge in [0.2, 0.25) is 0 Å². The molecule has 0 aliphatic rings. The van der Waals surface area contributed by atoms with Gasteiger partial charge < -0.3 is 34.1 Å². The molecule has 0 radical (unpaired) electrons. The normalized spacial score (nSPS) is 11.2. The van der Waals surface area contributed by atoms with Gasteiger partial charge in [0.25, 0.3) is 0 Å². The molecule has 0 unspecified atom stereocenters. The number of hydrogen-bond acceptors (Lipinski definition) is 10. The molecule has 1 amide bonds. The Morgan fingerprint density at radius 2 is 1.40 bits per heavy atom. The van der Waals surface area contributed by atoms with Gasteiger partial charge in [0.15, 0.2) is 0 Å². The van der Waals surface area contributed by atoms with Gasteiger partial charge in [0.05, 0.1) is 76.2 Å². The fourth-order valence-electron chi connectivity index (χ4n) is 4.15. The van der Waals surface area contributed by atoms with Crippen molar-refractivity contribution < 1.29 is 34.0 Å². The van der Waals surface area contributed by atoms with E-state index in [1.165, 1.54) is 16.2 Å². The van der Waals surface area contributed by atoms with Gasteiger partial charge in [-0.2, -0.15) is 0 Å². The van der Waals surface area contributed by atoms with Crippen LogP contribution in [0, 0.1) is 0 Å². The van der Waals surface area contributed by atoms with Gasteiger partial charge in [0, 0.05) is 37.1 Å². The Balaban J connectivity index is 1.26. The molecular formula is C31H38N4O7S. The number of nitrogens with zero attached hydrogens (tertiary/aromatic N) is 4. The third-order valence-corrected chi connectivity index (χ3v) is 7.46. The van der Waals surface area contributed by atoms with Crippen LogP contribution in [0.15, 0.2) is 60.8 Å². The second-order valence-electron chi connectivity index (χ2n) is 9.66. The summed E-state index contributed by atoms with van der Waals surface area (Å²) in [6.45, 7) is 3.19. The van der Waals surface area contributed by atoms with Crippen molar-refractivity contribution in [1.29, 1.82) is 0 Å². The molecule has 2 aromatic heterocycles. The number of thiazole rings is 1. The number of ether oxygens (including phenoxy) is 4. The lowest BCUT2D eigenvalue weighted by Crippen LogP contribution is -2.32. The van der Waals surface area contributed by atoms with Crippen LogP contribution in [0.3, 0.4) is 0 Å². The summed E-state index contributed by atoms with van der Waals surface area (Å²) in [5.74, 6) is 0.907. The number of pyridine rings is 1. The summed E-state index contributed by atoms with van der Waals surface area (Å²) in [6.07, 6.45) is 0.822. The molecule has 4 rings (SSSR count). The SMILES string of the molecule is CN(C)c1ccc(-c2ccc(-c3nc4ccc(N(CCOCCOCCOCCOCCO)C(=O)O)cc4s3)cc2)cn1.